The summed E-state index contributed by atoms with van der Waals surface area (Å²) < 4.78 is 4.76. The predicted molar refractivity (Wildman–Crippen MR) is 381 cm³/mol. The summed E-state index contributed by atoms with van der Waals surface area (Å²) in [5.74, 6) is 0. The summed E-state index contributed by atoms with van der Waals surface area (Å²) >= 11 is 0. The van der Waals surface area contributed by atoms with Crippen molar-refractivity contribution >= 4 is 66.9 Å². The number of hydrogen-bond donors (Lipinski definition) is 0. The molecular formula is C88H64N2. The van der Waals surface area contributed by atoms with E-state index in [1.165, 1.54) is 166 Å². The Morgan fingerprint density at radius 1 is 0.256 bits per heavy atom. The molecule has 17 rings (SSSR count). The van der Waals surface area contributed by atoms with E-state index in [9.17, 15) is 0 Å². The van der Waals surface area contributed by atoms with Crippen molar-refractivity contribution in [1.29, 1.82) is 0 Å². The van der Waals surface area contributed by atoms with Crippen molar-refractivity contribution in [3.8, 4) is 55.9 Å². The van der Waals surface area contributed by atoms with Gasteiger partial charge in [0.2, 0.25) is 0 Å². The molecule has 0 amide bonds. The molecule has 2 heteroatoms. The average molecular weight is 1150 g/mol. The van der Waals surface area contributed by atoms with Crippen molar-refractivity contribution in [1.82, 2.24) is 9.13 Å². The van der Waals surface area contributed by atoms with Crippen molar-refractivity contribution in [2.75, 3.05) is 0 Å². The van der Waals surface area contributed by atoms with Crippen LogP contribution < -0.4 is 0 Å². The molecular weight excluding hydrogens is 1080 g/mol. The van der Waals surface area contributed by atoms with Crippen LogP contribution in [0.3, 0.4) is 0 Å². The molecule has 0 unspecified atom stereocenters. The molecule has 2 nitrogen and oxygen atoms in total. The fourth-order valence-corrected chi connectivity index (χ4v) is 15.1. The van der Waals surface area contributed by atoms with Gasteiger partial charge in [0.05, 0.1) is 22.1 Å². The van der Waals surface area contributed by atoms with Gasteiger partial charge in [0.1, 0.15) is 0 Å². The van der Waals surface area contributed by atoms with E-state index >= 15 is 0 Å². The van der Waals surface area contributed by atoms with E-state index in [0.29, 0.717) is 0 Å². The Bertz CT molecular complexity index is 5060. The van der Waals surface area contributed by atoms with E-state index in [1.54, 1.807) is 0 Å². The first-order valence-corrected chi connectivity index (χ1v) is 31.5. The molecule has 0 atom stereocenters. The first-order chi connectivity index (χ1) is 44.1. The lowest BCUT2D eigenvalue weighted by molar-refractivity contribution is 0.652. The van der Waals surface area contributed by atoms with Crippen molar-refractivity contribution in [2.45, 2.75) is 38.5 Å². The van der Waals surface area contributed by atoms with Gasteiger partial charge in [0.15, 0.2) is 0 Å². The Morgan fingerprint density at radius 2 is 0.578 bits per heavy atom. The van der Waals surface area contributed by atoms with Crippen LogP contribution in [0.2, 0.25) is 0 Å². The molecule has 15 aromatic rings. The van der Waals surface area contributed by atoms with E-state index in [4.69, 9.17) is 0 Å². The highest BCUT2D eigenvalue weighted by Crippen LogP contribution is 2.57. The van der Waals surface area contributed by atoms with Gasteiger partial charge in [-0.3, -0.25) is 0 Å². The molecule has 0 N–H and O–H groups in total. The second-order valence-electron chi connectivity index (χ2n) is 25.6. The second kappa shape index (κ2) is 20.8. The van der Waals surface area contributed by atoms with Gasteiger partial charge in [-0.25, -0.2) is 0 Å². The van der Waals surface area contributed by atoms with Crippen LogP contribution in [0.15, 0.2) is 303 Å². The predicted octanol–water partition coefficient (Wildman–Crippen LogP) is 23.0. The van der Waals surface area contributed by atoms with Crippen LogP contribution in [0, 0.1) is 0 Å². The van der Waals surface area contributed by atoms with E-state index in [1.807, 2.05) is 0 Å². The molecule has 13 aromatic carbocycles. The molecule has 0 fully saturated rings. The zero-order valence-corrected chi connectivity index (χ0v) is 50.9. The maximum atomic E-state index is 2.54. The van der Waals surface area contributed by atoms with Crippen LogP contribution in [0.25, 0.3) is 123 Å². The smallest absolute Gasteiger partial charge is 0.0541 e. The Morgan fingerprint density at radius 3 is 0.978 bits per heavy atom. The Kier molecular flexibility index (Phi) is 12.3. The number of aromatic nitrogens is 2. The third kappa shape index (κ3) is 8.62. The third-order valence-corrected chi connectivity index (χ3v) is 19.7. The minimum absolute atomic E-state index is 0.210. The SMILES string of the molecule is CC1(C)c2cc(/C=C(\c3ccccc3)c3ccc(-c4ccc5c(c4)c4ccccc4n5-c4ccccc4)cc3)ccc2-c2cc3c(cc21)-c1ccc(/C=C(\c2ccccc2)c2ccc(-c4ccc5c(c4)c4ccccc4n5-c4ccccc4)cc2)cc1C3(C)C. The highest BCUT2D eigenvalue weighted by atomic mass is 15.0. The highest BCUT2D eigenvalue weighted by Gasteiger charge is 2.42. The van der Waals surface area contributed by atoms with Crippen LogP contribution in [-0.2, 0) is 10.8 Å². The molecule has 2 aromatic heterocycles. The lowest BCUT2D eigenvalue weighted by Crippen LogP contribution is -2.17. The van der Waals surface area contributed by atoms with E-state index in [0.717, 1.165) is 0 Å². The summed E-state index contributed by atoms with van der Waals surface area (Å²) in [5.41, 5.74) is 32.0. The molecule has 2 heterocycles. The number of rotatable bonds is 10. The van der Waals surface area contributed by atoms with Gasteiger partial charge < -0.3 is 9.13 Å². The fraction of sp³-hybridized carbons (Fsp3) is 0.0682. The molecule has 426 valence electrons. The summed E-state index contributed by atoms with van der Waals surface area (Å²) in [5, 5.41) is 5.03. The van der Waals surface area contributed by atoms with Crippen LogP contribution in [-0.4, -0.2) is 9.13 Å². The van der Waals surface area contributed by atoms with Gasteiger partial charge >= 0.3 is 0 Å². The maximum Gasteiger partial charge on any atom is 0.0541 e. The standard InChI is InChI=1S/C88H64N2/c1-87(2)79-51-57(49-73(61-21-9-5-10-22-61)63-39-35-59(36-40-63)65-43-47-85-77(53-65)71-29-17-19-31-83(71)89(85)67-25-13-7-14-26-67)33-45-69(79)75-56-82-76(55-81(75)87)70-46-34-58(52-80(70)88(82,3)4)50-74(62-23-11-6-12-24-62)64-41-37-60(38-42-64)66-44-48-86-78(54-66)72-30-18-20-32-84(72)90(86)68-27-15-8-16-28-68/h5-56H,1-4H3/b73-49+,74-50+. The quantitative estimate of drug-likeness (QED) is 0.121. The molecule has 0 saturated heterocycles. The fourth-order valence-electron chi connectivity index (χ4n) is 15.1. The molecule has 0 radical (unpaired) electrons. The third-order valence-electron chi connectivity index (χ3n) is 19.7. The highest BCUT2D eigenvalue weighted by molar-refractivity contribution is 6.12. The maximum absolute atomic E-state index is 2.54. The summed E-state index contributed by atoms with van der Waals surface area (Å²) in [6.07, 6.45) is 4.79. The largest absolute Gasteiger partial charge is 0.309 e. The minimum Gasteiger partial charge on any atom is -0.309 e. The monoisotopic (exact) mass is 1150 g/mol. The van der Waals surface area contributed by atoms with Crippen LogP contribution in [0.4, 0.5) is 0 Å². The zero-order chi connectivity index (χ0) is 60.2. The topological polar surface area (TPSA) is 9.86 Å². The van der Waals surface area contributed by atoms with Gasteiger partial charge in [0.25, 0.3) is 0 Å². The lowest BCUT2D eigenvalue weighted by Gasteiger charge is -2.24. The Hall–Kier alpha value is -11.1. The molecule has 0 bridgehead atoms. The number of benzene rings is 13. The van der Waals surface area contributed by atoms with Gasteiger partial charge in [-0.15, -0.1) is 0 Å². The van der Waals surface area contributed by atoms with Gasteiger partial charge in [-0.05, 0) is 196 Å². The van der Waals surface area contributed by atoms with Crippen molar-refractivity contribution in [3.63, 3.8) is 0 Å². The van der Waals surface area contributed by atoms with Crippen LogP contribution >= 0.6 is 0 Å². The first kappa shape index (κ1) is 53.2. The van der Waals surface area contributed by atoms with E-state index < -0.39 is 0 Å². The number of para-hydroxylation sites is 4. The van der Waals surface area contributed by atoms with Gasteiger partial charge in [-0.1, -0.05) is 258 Å². The van der Waals surface area contributed by atoms with Crippen LogP contribution in [0.5, 0.6) is 0 Å². The van der Waals surface area contributed by atoms with Crippen molar-refractivity contribution < 1.29 is 0 Å². The Balaban J connectivity index is 0.674. The van der Waals surface area contributed by atoms with E-state index in [-0.39, 0.29) is 10.8 Å². The molecule has 2 aliphatic rings. The van der Waals surface area contributed by atoms with Crippen LogP contribution in [0.1, 0.15) is 83.3 Å². The van der Waals surface area contributed by atoms with Crippen molar-refractivity contribution in [2.24, 2.45) is 0 Å². The second-order valence-corrected chi connectivity index (χ2v) is 25.6. The summed E-state index contributed by atoms with van der Waals surface area (Å²) in [7, 11) is 0. The molecule has 0 spiro atoms. The summed E-state index contributed by atoms with van der Waals surface area (Å²) in [6, 6.07) is 112. The number of hydrogen-bond acceptors (Lipinski definition) is 0. The molecule has 0 saturated carbocycles. The number of nitrogens with zero attached hydrogens (tertiary/aromatic N) is 2. The zero-order valence-electron chi connectivity index (χ0n) is 50.9. The van der Waals surface area contributed by atoms with Crippen molar-refractivity contribution in [3.05, 3.63) is 359 Å². The summed E-state index contributed by atoms with van der Waals surface area (Å²) in [6.45, 7) is 9.67. The molecule has 0 aliphatic heterocycles. The molecule has 90 heavy (non-hydrogen) atoms. The lowest BCUT2D eigenvalue weighted by atomic mass is 9.79. The first-order valence-electron chi connectivity index (χ1n) is 31.5. The molecule has 2 aliphatic carbocycles. The normalized spacial score (nSPS) is 13.9. The minimum atomic E-state index is -0.210. The van der Waals surface area contributed by atoms with Gasteiger partial charge in [-0.2, -0.15) is 0 Å². The summed E-state index contributed by atoms with van der Waals surface area (Å²) in [4.78, 5) is 0. The average Bonchev–Trinajstić information content (AvgIpc) is 1.86. The Labute approximate surface area is 526 Å². The van der Waals surface area contributed by atoms with E-state index in [2.05, 4.69) is 352 Å². The number of fused-ring (bicyclic) bond motifs is 12. The van der Waals surface area contributed by atoms with Gasteiger partial charge in [0, 0.05) is 43.7 Å².